The third-order valence-corrected chi connectivity index (χ3v) is 5.64. The Balaban J connectivity index is 2.42. The summed E-state index contributed by atoms with van der Waals surface area (Å²) in [7, 11) is -1.74. The van der Waals surface area contributed by atoms with Crippen LogP contribution in [0.1, 0.15) is 0 Å². The molecule has 1 heterocycles. The summed E-state index contributed by atoms with van der Waals surface area (Å²) in [5.74, 6) is 0. The van der Waals surface area contributed by atoms with Crippen LogP contribution in [0.4, 0.5) is 5.69 Å². The van der Waals surface area contributed by atoms with Crippen molar-refractivity contribution in [2.24, 2.45) is 0 Å². The normalized spacial score (nSPS) is 15.8. The summed E-state index contributed by atoms with van der Waals surface area (Å²) in [6.07, 6.45) is 0. The van der Waals surface area contributed by atoms with Crippen molar-refractivity contribution >= 4 is 35.4 Å². The fraction of sp³-hybridized carbons (Fsp3) is 0. The minimum absolute atomic E-state index is 1.06. The van der Waals surface area contributed by atoms with E-state index < -0.39 is 7.33 Å². The quantitative estimate of drug-likeness (QED) is 0.784. The molecule has 3 rings (SSSR count). The van der Waals surface area contributed by atoms with Gasteiger partial charge in [-0.15, -0.1) is 0 Å². The van der Waals surface area contributed by atoms with Crippen molar-refractivity contribution in [2.75, 3.05) is 4.72 Å². The highest BCUT2D eigenvalue weighted by atomic mass is 33.1. The predicted molar refractivity (Wildman–Crippen MR) is 75.9 cm³/mol. The number of para-hydroxylation sites is 1. The highest BCUT2D eigenvalue weighted by Crippen LogP contribution is 2.38. The lowest BCUT2D eigenvalue weighted by Gasteiger charge is -2.25. The molecule has 1 N–H and O–H groups in total. The first kappa shape index (κ1) is 10.2. The molecule has 1 aliphatic heterocycles. The Morgan fingerprint density at radius 3 is 2.25 bits per heavy atom. The van der Waals surface area contributed by atoms with Crippen molar-refractivity contribution in [3.8, 4) is 11.1 Å². The monoisotopic (exact) mass is 263 g/mol. The zero-order valence-electron chi connectivity index (χ0n) is 8.34. The molecule has 0 saturated carbocycles. The van der Waals surface area contributed by atoms with Crippen molar-refractivity contribution in [3.05, 3.63) is 48.5 Å². The van der Waals surface area contributed by atoms with E-state index in [4.69, 9.17) is 22.4 Å². The lowest BCUT2D eigenvalue weighted by Crippen LogP contribution is -2.16. The van der Waals surface area contributed by atoms with Crippen molar-refractivity contribution in [1.29, 1.82) is 0 Å². The van der Waals surface area contributed by atoms with Crippen molar-refractivity contribution in [1.82, 2.24) is 0 Å². The molecular weight excluding hydrogens is 254 g/mol. The average Bonchev–Trinajstić information content (AvgIpc) is 2.29. The molecule has 1 aliphatic rings. The summed E-state index contributed by atoms with van der Waals surface area (Å²) in [6, 6.07) is 16.3. The average molecular weight is 263 g/mol. The summed E-state index contributed by atoms with van der Waals surface area (Å²) < 4.78 is 3.31. The van der Waals surface area contributed by atoms with Crippen molar-refractivity contribution < 1.29 is 0 Å². The molecular formula is C12H9NS3. The van der Waals surface area contributed by atoms with E-state index in [0.29, 0.717) is 0 Å². The van der Waals surface area contributed by atoms with Crippen LogP contribution in [0.2, 0.25) is 0 Å². The molecule has 0 bridgehead atoms. The number of nitrogens with one attached hydrogen (secondary N) is 1. The first-order valence-corrected chi connectivity index (χ1v) is 8.38. The maximum absolute atomic E-state index is 5.51. The fourth-order valence-electron chi connectivity index (χ4n) is 1.93. The zero-order chi connectivity index (χ0) is 11.2. The standard InChI is InChI=1S/C12H9NS3/c14-16(15)12-8-4-2-6-10(12)9-5-1-3-7-11(9)13-16/h1-8,13H. The van der Waals surface area contributed by atoms with E-state index in [1.54, 1.807) is 0 Å². The van der Waals surface area contributed by atoms with Gasteiger partial charge in [0.2, 0.25) is 0 Å². The minimum Gasteiger partial charge on any atom is -0.320 e. The molecule has 2 aromatic carbocycles. The van der Waals surface area contributed by atoms with Crippen molar-refractivity contribution in [2.45, 2.75) is 4.90 Å². The van der Waals surface area contributed by atoms with Gasteiger partial charge in [-0.25, -0.2) is 0 Å². The van der Waals surface area contributed by atoms with Gasteiger partial charge in [-0.1, -0.05) is 36.4 Å². The molecule has 0 fully saturated rings. The molecule has 0 saturated heterocycles. The molecule has 0 aromatic heterocycles. The molecule has 0 radical (unpaired) electrons. The number of anilines is 1. The number of benzene rings is 2. The van der Waals surface area contributed by atoms with E-state index in [1.165, 1.54) is 11.1 Å². The van der Waals surface area contributed by atoms with Gasteiger partial charge in [-0.05, 0) is 40.1 Å². The van der Waals surface area contributed by atoms with Gasteiger partial charge >= 0.3 is 0 Å². The second-order valence-electron chi connectivity index (χ2n) is 3.65. The maximum Gasteiger partial charge on any atom is 0.0526 e. The van der Waals surface area contributed by atoms with Crippen LogP contribution in [0.15, 0.2) is 53.4 Å². The van der Waals surface area contributed by atoms with E-state index in [9.17, 15) is 0 Å². The van der Waals surface area contributed by atoms with Crippen LogP contribution in [0.5, 0.6) is 0 Å². The zero-order valence-corrected chi connectivity index (χ0v) is 10.8. The summed E-state index contributed by atoms with van der Waals surface area (Å²) in [6.45, 7) is 0. The van der Waals surface area contributed by atoms with Crippen LogP contribution < -0.4 is 4.72 Å². The number of hydrogen-bond acceptors (Lipinski definition) is 2. The van der Waals surface area contributed by atoms with Crippen LogP contribution in [-0.4, -0.2) is 0 Å². The lowest BCUT2D eigenvalue weighted by atomic mass is 10.0. The second kappa shape index (κ2) is 3.52. The molecule has 0 unspecified atom stereocenters. The molecule has 2 aromatic rings. The van der Waals surface area contributed by atoms with E-state index in [0.717, 1.165) is 10.6 Å². The molecule has 1 nitrogen and oxygen atoms in total. The molecule has 0 spiro atoms. The van der Waals surface area contributed by atoms with Crippen LogP contribution >= 0.6 is 0 Å². The molecule has 0 amide bonds. The summed E-state index contributed by atoms with van der Waals surface area (Å²) in [5.41, 5.74) is 3.42. The Labute approximate surface area is 104 Å². The summed E-state index contributed by atoms with van der Waals surface area (Å²) in [4.78, 5) is 1.08. The summed E-state index contributed by atoms with van der Waals surface area (Å²) >= 11 is 11.0. The first-order valence-electron chi connectivity index (χ1n) is 4.90. The topological polar surface area (TPSA) is 12.0 Å². The smallest absolute Gasteiger partial charge is 0.0526 e. The van der Waals surface area contributed by atoms with Gasteiger partial charge in [0.25, 0.3) is 0 Å². The SMILES string of the molecule is S=S1(=S)Nc2ccccc2-c2ccccc21. The number of fused-ring (bicyclic) bond motifs is 3. The Bertz CT molecular complexity index is 659. The highest BCUT2D eigenvalue weighted by molar-refractivity contribution is 8.57. The number of rotatable bonds is 0. The van der Waals surface area contributed by atoms with Gasteiger partial charge in [0.05, 0.1) is 5.69 Å². The number of hydrogen-bond donors (Lipinski definition) is 1. The Kier molecular flexibility index (Phi) is 2.24. The molecule has 16 heavy (non-hydrogen) atoms. The molecule has 0 atom stereocenters. The third kappa shape index (κ3) is 1.45. The first-order chi connectivity index (χ1) is 7.68. The highest BCUT2D eigenvalue weighted by Gasteiger charge is 2.20. The maximum atomic E-state index is 5.51. The third-order valence-electron chi connectivity index (χ3n) is 2.64. The van der Waals surface area contributed by atoms with E-state index >= 15 is 0 Å². The molecule has 0 aliphatic carbocycles. The van der Waals surface area contributed by atoms with Gasteiger partial charge in [0.15, 0.2) is 0 Å². The van der Waals surface area contributed by atoms with Crippen LogP contribution in [-0.2, 0) is 29.7 Å². The molecule has 4 heteroatoms. The fourth-order valence-corrected chi connectivity index (χ4v) is 4.64. The van der Waals surface area contributed by atoms with Gasteiger partial charge in [0.1, 0.15) is 0 Å². The largest absolute Gasteiger partial charge is 0.320 e. The van der Waals surface area contributed by atoms with E-state index in [-0.39, 0.29) is 0 Å². The van der Waals surface area contributed by atoms with Gasteiger partial charge in [-0.2, -0.15) is 0 Å². The molecule has 80 valence electrons. The second-order valence-corrected chi connectivity index (χ2v) is 8.93. The predicted octanol–water partition coefficient (Wildman–Crippen LogP) is 3.13. The van der Waals surface area contributed by atoms with Crippen LogP contribution in [0.25, 0.3) is 11.1 Å². The van der Waals surface area contributed by atoms with Gasteiger partial charge < -0.3 is 4.72 Å². The minimum atomic E-state index is -1.74. The van der Waals surface area contributed by atoms with Gasteiger partial charge in [-0.3, -0.25) is 0 Å². The van der Waals surface area contributed by atoms with Crippen LogP contribution in [0, 0.1) is 0 Å². The Morgan fingerprint density at radius 2 is 1.44 bits per heavy atom. The Hall–Kier alpha value is -0.970. The Morgan fingerprint density at radius 1 is 0.812 bits per heavy atom. The summed E-state index contributed by atoms with van der Waals surface area (Å²) in [5, 5.41) is 0. The lowest BCUT2D eigenvalue weighted by molar-refractivity contribution is 1.42. The van der Waals surface area contributed by atoms with Crippen molar-refractivity contribution in [3.63, 3.8) is 0 Å². The van der Waals surface area contributed by atoms with E-state index in [2.05, 4.69) is 16.9 Å². The van der Waals surface area contributed by atoms with E-state index in [1.807, 2.05) is 36.4 Å². The van der Waals surface area contributed by atoms with Crippen LogP contribution in [0.3, 0.4) is 0 Å². The van der Waals surface area contributed by atoms with Gasteiger partial charge in [0, 0.05) is 17.8 Å².